The van der Waals surface area contributed by atoms with E-state index in [1.54, 1.807) is 0 Å². The molecule has 0 aromatic heterocycles. The Balaban J connectivity index is 2.59. The fourth-order valence-electron chi connectivity index (χ4n) is 1.62. The Labute approximate surface area is 74.5 Å². The van der Waals surface area contributed by atoms with Gasteiger partial charge in [-0.05, 0) is 19.9 Å². The third-order valence-corrected chi connectivity index (χ3v) is 4.63. The Morgan fingerprint density at radius 3 is 2.00 bits per heavy atom. The van der Waals surface area contributed by atoms with Crippen molar-refractivity contribution in [3.63, 3.8) is 0 Å². The van der Waals surface area contributed by atoms with Gasteiger partial charge in [0.15, 0.2) is 0 Å². The van der Waals surface area contributed by atoms with Crippen LogP contribution in [0.15, 0.2) is 0 Å². The van der Waals surface area contributed by atoms with Crippen molar-refractivity contribution in [3.05, 3.63) is 0 Å². The largest absolute Gasteiger partial charge is 0.291 e. The average Bonchev–Trinajstić information content (AvgIpc) is 2.17. The number of rotatable bonds is 1. The van der Waals surface area contributed by atoms with Crippen LogP contribution in [0.3, 0.4) is 0 Å². The highest BCUT2D eigenvalue weighted by Crippen LogP contribution is 2.37. The molecule has 0 saturated carbocycles. The van der Waals surface area contributed by atoms with Crippen molar-refractivity contribution in [2.24, 2.45) is 5.92 Å². The second kappa shape index (κ2) is 3.36. The van der Waals surface area contributed by atoms with E-state index in [1.165, 1.54) is 0 Å². The summed E-state index contributed by atoms with van der Waals surface area (Å²) in [6, 6.07) is 0.743. The van der Waals surface area contributed by atoms with Gasteiger partial charge in [-0.25, -0.2) is 0 Å². The van der Waals surface area contributed by atoms with E-state index in [1.807, 2.05) is 0 Å². The van der Waals surface area contributed by atoms with Gasteiger partial charge in [0.05, 0.1) is 5.37 Å². The van der Waals surface area contributed by atoms with Crippen molar-refractivity contribution in [2.45, 2.75) is 44.4 Å². The van der Waals surface area contributed by atoms with Crippen molar-refractivity contribution in [1.82, 2.24) is 4.90 Å². The lowest BCUT2D eigenvalue weighted by molar-refractivity contribution is 0.228. The molecule has 0 bridgehead atoms. The molecule has 1 rings (SSSR count). The fourth-order valence-corrected chi connectivity index (χ4v) is 3.18. The van der Waals surface area contributed by atoms with Crippen LogP contribution in [0, 0.1) is 5.92 Å². The molecule has 1 saturated heterocycles. The van der Waals surface area contributed by atoms with Crippen molar-refractivity contribution < 1.29 is 0 Å². The van der Waals surface area contributed by atoms with E-state index in [4.69, 9.17) is 0 Å². The molecule has 0 aromatic rings. The van der Waals surface area contributed by atoms with Gasteiger partial charge in [-0.3, -0.25) is 4.90 Å². The van der Waals surface area contributed by atoms with Gasteiger partial charge in [0, 0.05) is 11.3 Å². The molecule has 1 fully saturated rings. The SMILES string of the molecule is CC(C)C1SC(C)C(C)N1C. The first-order chi connectivity index (χ1) is 5.04. The van der Waals surface area contributed by atoms with Crippen molar-refractivity contribution in [2.75, 3.05) is 7.05 Å². The molecule has 1 heterocycles. The van der Waals surface area contributed by atoms with E-state index in [0.29, 0.717) is 0 Å². The van der Waals surface area contributed by atoms with Crippen LogP contribution in [0.4, 0.5) is 0 Å². The molecule has 1 aliphatic heterocycles. The second-order valence-corrected chi connectivity index (χ2v) is 5.38. The minimum Gasteiger partial charge on any atom is -0.291 e. The second-order valence-electron chi connectivity index (χ2n) is 3.88. The maximum atomic E-state index is 2.50. The molecule has 0 aromatic carbocycles. The zero-order valence-electron chi connectivity index (χ0n) is 8.16. The summed E-state index contributed by atoms with van der Waals surface area (Å²) < 4.78 is 0. The normalized spacial score (nSPS) is 40.4. The quantitative estimate of drug-likeness (QED) is 0.599. The molecular formula is C9H19NS. The highest BCUT2D eigenvalue weighted by atomic mass is 32.2. The van der Waals surface area contributed by atoms with Crippen molar-refractivity contribution in [1.29, 1.82) is 0 Å². The van der Waals surface area contributed by atoms with Crippen LogP contribution < -0.4 is 0 Å². The van der Waals surface area contributed by atoms with E-state index in [0.717, 1.165) is 22.6 Å². The average molecular weight is 173 g/mol. The molecule has 0 radical (unpaired) electrons. The Morgan fingerprint density at radius 1 is 1.27 bits per heavy atom. The summed E-state index contributed by atoms with van der Waals surface area (Å²) in [5, 5.41) is 1.53. The topological polar surface area (TPSA) is 3.24 Å². The lowest BCUT2D eigenvalue weighted by atomic mass is 10.1. The molecular weight excluding hydrogens is 154 g/mol. The highest BCUT2D eigenvalue weighted by Gasteiger charge is 2.35. The van der Waals surface area contributed by atoms with Crippen molar-refractivity contribution >= 4 is 11.8 Å². The first-order valence-corrected chi connectivity index (χ1v) is 5.35. The third-order valence-electron chi connectivity index (χ3n) is 2.65. The van der Waals surface area contributed by atoms with E-state index in [9.17, 15) is 0 Å². The zero-order chi connectivity index (χ0) is 8.59. The Hall–Kier alpha value is 0.310. The van der Waals surface area contributed by atoms with Crippen LogP contribution in [0.25, 0.3) is 0 Å². The number of thioether (sulfide) groups is 1. The van der Waals surface area contributed by atoms with Gasteiger partial charge in [0.1, 0.15) is 0 Å². The zero-order valence-corrected chi connectivity index (χ0v) is 8.98. The van der Waals surface area contributed by atoms with Gasteiger partial charge in [-0.1, -0.05) is 20.8 Å². The van der Waals surface area contributed by atoms with E-state index in [2.05, 4.69) is 51.4 Å². The van der Waals surface area contributed by atoms with E-state index in [-0.39, 0.29) is 0 Å². The summed E-state index contributed by atoms with van der Waals surface area (Å²) in [5.41, 5.74) is 0. The van der Waals surface area contributed by atoms with Gasteiger partial charge in [-0.15, -0.1) is 11.8 Å². The maximum absolute atomic E-state index is 2.50. The molecule has 0 N–H and O–H groups in total. The predicted molar refractivity (Wildman–Crippen MR) is 52.9 cm³/mol. The first-order valence-electron chi connectivity index (χ1n) is 4.41. The summed E-state index contributed by atoms with van der Waals surface area (Å²) in [7, 11) is 2.24. The fraction of sp³-hybridized carbons (Fsp3) is 1.00. The molecule has 0 amide bonds. The number of hydrogen-bond donors (Lipinski definition) is 0. The summed E-state index contributed by atoms with van der Waals surface area (Å²) in [6.45, 7) is 9.26. The summed E-state index contributed by atoms with van der Waals surface area (Å²) >= 11 is 2.12. The van der Waals surface area contributed by atoms with Crippen LogP contribution >= 0.6 is 11.8 Å². The van der Waals surface area contributed by atoms with E-state index >= 15 is 0 Å². The molecule has 66 valence electrons. The molecule has 2 heteroatoms. The van der Waals surface area contributed by atoms with Crippen LogP contribution in [0.5, 0.6) is 0 Å². The van der Waals surface area contributed by atoms with Crippen LogP contribution in [0.1, 0.15) is 27.7 Å². The van der Waals surface area contributed by atoms with Gasteiger partial charge in [-0.2, -0.15) is 0 Å². The standard InChI is InChI=1S/C9H19NS/c1-6(2)9-10(5)7(3)8(4)11-9/h6-9H,1-5H3. The van der Waals surface area contributed by atoms with Gasteiger partial charge >= 0.3 is 0 Å². The van der Waals surface area contributed by atoms with Crippen LogP contribution in [-0.4, -0.2) is 28.6 Å². The van der Waals surface area contributed by atoms with Crippen LogP contribution in [-0.2, 0) is 0 Å². The predicted octanol–water partition coefficient (Wildman–Crippen LogP) is 2.42. The minimum absolute atomic E-state index is 0.736. The molecule has 3 atom stereocenters. The first kappa shape index (κ1) is 9.40. The van der Waals surface area contributed by atoms with Crippen LogP contribution in [0.2, 0.25) is 0 Å². The minimum atomic E-state index is 0.736. The molecule has 0 spiro atoms. The summed E-state index contributed by atoms with van der Waals surface area (Å²) in [4.78, 5) is 2.50. The molecule has 1 nitrogen and oxygen atoms in total. The molecule has 11 heavy (non-hydrogen) atoms. The van der Waals surface area contributed by atoms with E-state index < -0.39 is 0 Å². The lowest BCUT2D eigenvalue weighted by Gasteiger charge is -2.25. The highest BCUT2D eigenvalue weighted by molar-refractivity contribution is 8.00. The Morgan fingerprint density at radius 2 is 1.82 bits per heavy atom. The smallest absolute Gasteiger partial charge is 0.0583 e. The summed E-state index contributed by atoms with van der Waals surface area (Å²) in [6.07, 6.45) is 0. The van der Waals surface area contributed by atoms with Crippen molar-refractivity contribution in [3.8, 4) is 0 Å². The lowest BCUT2D eigenvalue weighted by Crippen LogP contribution is -2.34. The number of hydrogen-bond acceptors (Lipinski definition) is 2. The monoisotopic (exact) mass is 173 g/mol. The van der Waals surface area contributed by atoms with Gasteiger partial charge in [0.2, 0.25) is 0 Å². The maximum Gasteiger partial charge on any atom is 0.0583 e. The van der Waals surface area contributed by atoms with Gasteiger partial charge < -0.3 is 0 Å². The number of nitrogens with zero attached hydrogens (tertiary/aromatic N) is 1. The van der Waals surface area contributed by atoms with Gasteiger partial charge in [0.25, 0.3) is 0 Å². The molecule has 0 aliphatic carbocycles. The third kappa shape index (κ3) is 1.73. The molecule has 1 aliphatic rings. The summed E-state index contributed by atoms with van der Waals surface area (Å²) in [5.74, 6) is 0.775. The Bertz CT molecular complexity index is 136. The Kier molecular flexibility index (Phi) is 2.87. The molecule has 3 unspecified atom stereocenters.